The fraction of sp³-hybridized carbons (Fsp3) is 0.455. The third-order valence-electron chi connectivity index (χ3n) is 1.65. The molecular formula is C11H17N3. The maximum atomic E-state index is 5.79. The smallest absolute Gasteiger partial charge is 0.144 e. The van der Waals surface area contributed by atoms with Gasteiger partial charge in [0.15, 0.2) is 0 Å². The van der Waals surface area contributed by atoms with Crippen LogP contribution in [0.3, 0.4) is 0 Å². The van der Waals surface area contributed by atoms with Crippen molar-refractivity contribution in [3.63, 3.8) is 0 Å². The van der Waals surface area contributed by atoms with E-state index < -0.39 is 0 Å². The van der Waals surface area contributed by atoms with Crippen LogP contribution < -0.4 is 5.73 Å². The summed E-state index contributed by atoms with van der Waals surface area (Å²) in [6.45, 7) is 7.10. The molecule has 0 aromatic carbocycles. The van der Waals surface area contributed by atoms with Crippen molar-refractivity contribution in [2.75, 3.05) is 6.54 Å². The molecule has 3 nitrogen and oxygen atoms in total. The van der Waals surface area contributed by atoms with E-state index in [1.54, 1.807) is 6.20 Å². The normalized spacial score (nSPS) is 12.9. The van der Waals surface area contributed by atoms with E-state index in [-0.39, 0.29) is 5.41 Å². The van der Waals surface area contributed by atoms with Gasteiger partial charge in [-0.05, 0) is 17.5 Å². The zero-order valence-electron chi connectivity index (χ0n) is 8.99. The van der Waals surface area contributed by atoms with Crippen molar-refractivity contribution in [1.82, 2.24) is 4.98 Å². The van der Waals surface area contributed by atoms with Gasteiger partial charge >= 0.3 is 0 Å². The van der Waals surface area contributed by atoms with E-state index in [9.17, 15) is 0 Å². The Morgan fingerprint density at radius 3 is 2.64 bits per heavy atom. The number of rotatable bonds is 2. The Morgan fingerprint density at radius 1 is 1.43 bits per heavy atom. The van der Waals surface area contributed by atoms with Gasteiger partial charge in [0.2, 0.25) is 0 Å². The summed E-state index contributed by atoms with van der Waals surface area (Å²) in [5.41, 5.74) is 6.70. The molecule has 0 saturated carbocycles. The number of hydrogen-bond donors (Lipinski definition) is 1. The zero-order chi connectivity index (χ0) is 10.6. The van der Waals surface area contributed by atoms with Crippen LogP contribution in [0.4, 0.5) is 0 Å². The van der Waals surface area contributed by atoms with Crippen molar-refractivity contribution < 1.29 is 0 Å². The molecule has 0 bridgehead atoms. The number of amidine groups is 1. The average molecular weight is 191 g/mol. The molecular weight excluding hydrogens is 174 g/mol. The minimum Gasteiger partial charge on any atom is -0.382 e. The predicted molar refractivity (Wildman–Crippen MR) is 59.3 cm³/mol. The Bertz CT molecular complexity index is 309. The minimum atomic E-state index is 0.166. The van der Waals surface area contributed by atoms with Crippen LogP contribution >= 0.6 is 0 Å². The molecule has 0 unspecified atom stereocenters. The second kappa shape index (κ2) is 4.22. The molecule has 0 atom stereocenters. The first-order valence-corrected chi connectivity index (χ1v) is 4.70. The van der Waals surface area contributed by atoms with E-state index in [0.29, 0.717) is 5.84 Å². The van der Waals surface area contributed by atoms with Crippen molar-refractivity contribution in [3.05, 3.63) is 30.1 Å². The molecule has 0 aliphatic rings. The Balaban J connectivity index is 2.71. The number of aromatic nitrogens is 1. The molecule has 3 heteroatoms. The van der Waals surface area contributed by atoms with Gasteiger partial charge in [0.1, 0.15) is 11.5 Å². The van der Waals surface area contributed by atoms with E-state index in [1.807, 2.05) is 18.2 Å². The second-order valence-electron chi connectivity index (χ2n) is 4.48. The number of pyridine rings is 1. The first kappa shape index (κ1) is 10.7. The molecule has 1 aromatic rings. The van der Waals surface area contributed by atoms with Crippen LogP contribution in [-0.2, 0) is 0 Å². The highest BCUT2D eigenvalue weighted by Crippen LogP contribution is 2.12. The number of nitrogens with zero attached hydrogens (tertiary/aromatic N) is 2. The molecule has 0 saturated heterocycles. The standard InChI is InChI=1S/C11H17N3/c1-11(2,3)8-14-10(12)9-6-4-5-7-13-9/h4-7H,8H2,1-3H3,(H2,12,14). The number of nitrogens with two attached hydrogens (primary N) is 1. The van der Waals surface area contributed by atoms with Crippen LogP contribution in [0.5, 0.6) is 0 Å². The Morgan fingerprint density at radius 2 is 2.14 bits per heavy atom. The predicted octanol–water partition coefficient (Wildman–Crippen LogP) is 1.83. The molecule has 0 amide bonds. The second-order valence-corrected chi connectivity index (χ2v) is 4.48. The topological polar surface area (TPSA) is 51.3 Å². The molecule has 0 spiro atoms. The summed E-state index contributed by atoms with van der Waals surface area (Å²) >= 11 is 0. The fourth-order valence-electron chi connectivity index (χ4n) is 0.918. The summed E-state index contributed by atoms with van der Waals surface area (Å²) < 4.78 is 0. The SMILES string of the molecule is CC(C)(C)CN=C(N)c1ccccn1. The van der Waals surface area contributed by atoms with E-state index in [4.69, 9.17) is 5.73 Å². The van der Waals surface area contributed by atoms with Crippen LogP contribution in [0.2, 0.25) is 0 Å². The van der Waals surface area contributed by atoms with Crippen LogP contribution in [0.1, 0.15) is 26.5 Å². The Hall–Kier alpha value is -1.38. The highest BCUT2D eigenvalue weighted by molar-refractivity contribution is 5.95. The van der Waals surface area contributed by atoms with Gasteiger partial charge in [-0.15, -0.1) is 0 Å². The van der Waals surface area contributed by atoms with E-state index >= 15 is 0 Å². The van der Waals surface area contributed by atoms with Gasteiger partial charge in [-0.25, -0.2) is 0 Å². The van der Waals surface area contributed by atoms with E-state index in [2.05, 4.69) is 30.7 Å². The van der Waals surface area contributed by atoms with Crippen LogP contribution in [0.25, 0.3) is 0 Å². The maximum absolute atomic E-state index is 5.79. The van der Waals surface area contributed by atoms with Crippen molar-refractivity contribution in [3.8, 4) is 0 Å². The van der Waals surface area contributed by atoms with Gasteiger partial charge in [-0.3, -0.25) is 9.98 Å². The first-order valence-electron chi connectivity index (χ1n) is 4.70. The van der Waals surface area contributed by atoms with Crippen molar-refractivity contribution in [1.29, 1.82) is 0 Å². The van der Waals surface area contributed by atoms with Crippen molar-refractivity contribution in [2.45, 2.75) is 20.8 Å². The van der Waals surface area contributed by atoms with Gasteiger partial charge in [-0.2, -0.15) is 0 Å². The third-order valence-corrected chi connectivity index (χ3v) is 1.65. The summed E-state index contributed by atoms with van der Waals surface area (Å²) in [5, 5.41) is 0. The molecule has 76 valence electrons. The zero-order valence-corrected chi connectivity index (χ0v) is 8.99. The van der Waals surface area contributed by atoms with Gasteiger partial charge in [0, 0.05) is 12.7 Å². The minimum absolute atomic E-state index is 0.166. The molecule has 1 aromatic heterocycles. The largest absolute Gasteiger partial charge is 0.382 e. The lowest BCUT2D eigenvalue weighted by molar-refractivity contribution is 0.429. The molecule has 2 N–H and O–H groups in total. The molecule has 0 aliphatic carbocycles. The fourth-order valence-corrected chi connectivity index (χ4v) is 0.918. The van der Waals surface area contributed by atoms with Crippen LogP contribution in [-0.4, -0.2) is 17.4 Å². The lowest BCUT2D eigenvalue weighted by atomic mass is 9.97. The summed E-state index contributed by atoms with van der Waals surface area (Å²) in [6, 6.07) is 5.63. The number of hydrogen-bond acceptors (Lipinski definition) is 2. The summed E-state index contributed by atoms with van der Waals surface area (Å²) in [5.74, 6) is 0.514. The van der Waals surface area contributed by atoms with Gasteiger partial charge < -0.3 is 5.73 Å². The molecule has 1 heterocycles. The highest BCUT2D eigenvalue weighted by atomic mass is 14.9. The van der Waals surface area contributed by atoms with Gasteiger partial charge in [0.25, 0.3) is 0 Å². The molecule has 0 fully saturated rings. The third kappa shape index (κ3) is 3.56. The number of aliphatic imine (C=N–C) groups is 1. The molecule has 1 rings (SSSR count). The summed E-state index contributed by atoms with van der Waals surface area (Å²) in [7, 11) is 0. The maximum Gasteiger partial charge on any atom is 0.144 e. The van der Waals surface area contributed by atoms with Crippen LogP contribution in [0.15, 0.2) is 29.4 Å². The van der Waals surface area contributed by atoms with E-state index in [1.165, 1.54) is 0 Å². The summed E-state index contributed by atoms with van der Waals surface area (Å²) in [6.07, 6.45) is 1.72. The molecule has 0 radical (unpaired) electrons. The van der Waals surface area contributed by atoms with Crippen molar-refractivity contribution >= 4 is 5.84 Å². The lowest BCUT2D eigenvalue weighted by Crippen LogP contribution is -2.19. The molecule has 14 heavy (non-hydrogen) atoms. The first-order chi connectivity index (χ1) is 6.49. The van der Waals surface area contributed by atoms with Gasteiger partial charge in [-0.1, -0.05) is 26.8 Å². The Labute approximate surface area is 85.1 Å². The molecule has 0 aliphatic heterocycles. The highest BCUT2D eigenvalue weighted by Gasteiger charge is 2.09. The average Bonchev–Trinajstić information content (AvgIpc) is 2.14. The van der Waals surface area contributed by atoms with E-state index in [0.717, 1.165) is 12.2 Å². The summed E-state index contributed by atoms with van der Waals surface area (Å²) in [4.78, 5) is 8.42. The monoisotopic (exact) mass is 191 g/mol. The Kier molecular flexibility index (Phi) is 3.23. The lowest BCUT2D eigenvalue weighted by Gasteiger charge is -2.14. The van der Waals surface area contributed by atoms with Gasteiger partial charge in [0.05, 0.1) is 0 Å². The van der Waals surface area contributed by atoms with Crippen LogP contribution in [0, 0.1) is 5.41 Å². The van der Waals surface area contributed by atoms with Crippen molar-refractivity contribution in [2.24, 2.45) is 16.1 Å². The quantitative estimate of drug-likeness (QED) is 0.572.